The number of allylic oxidation sites excluding steroid dienone is 1. The van der Waals surface area contributed by atoms with E-state index in [-0.39, 0.29) is 5.09 Å². The molecule has 1 N–H and O–H groups in total. The molecule has 0 fully saturated rings. The molecule has 0 aliphatic carbocycles. The van der Waals surface area contributed by atoms with Crippen molar-refractivity contribution in [3.8, 4) is 0 Å². The van der Waals surface area contributed by atoms with Crippen LogP contribution in [0.4, 0.5) is 0 Å². The first kappa shape index (κ1) is 7.59. The first-order chi connectivity index (χ1) is 3.66. The minimum absolute atomic E-state index is 0.248. The fourth-order valence-electron chi connectivity index (χ4n) is 0.213. The molecule has 0 amide bonds. The Labute approximate surface area is 52.8 Å². The summed E-state index contributed by atoms with van der Waals surface area (Å²) in [6.07, 6.45) is 0. The van der Waals surface area contributed by atoms with Crippen LogP contribution in [0.25, 0.3) is 0 Å². The molecule has 0 rings (SSSR count). The largest absolute Gasteiger partial charge is 0.333 e. The summed E-state index contributed by atoms with van der Waals surface area (Å²) in [4.78, 5) is 4.61. The third-order valence-electron chi connectivity index (χ3n) is 0.390. The highest BCUT2D eigenvalue weighted by molar-refractivity contribution is 8.06. The average molecular weight is 132 g/mol. The molecule has 0 radical (unpaired) electrons. The Balaban J connectivity index is 3.40. The maximum atomic E-state index is 7.92. The van der Waals surface area contributed by atoms with Crippen molar-refractivity contribution in [1.29, 1.82) is 0 Å². The van der Waals surface area contributed by atoms with Crippen LogP contribution in [0, 0.1) is 0 Å². The molecule has 0 aliphatic rings. The fraction of sp³-hybridized carbons (Fsp3) is 0.200. The molecule has 8 heavy (non-hydrogen) atoms. The summed E-state index contributed by atoms with van der Waals surface area (Å²) >= 11 is 1.19. The van der Waals surface area contributed by atoms with Gasteiger partial charge < -0.3 is 4.89 Å². The fourth-order valence-corrected chi connectivity index (χ4v) is 0.639. The highest BCUT2D eigenvalue weighted by Crippen LogP contribution is 2.20. The van der Waals surface area contributed by atoms with Gasteiger partial charge in [0.15, 0.2) is 5.09 Å². The van der Waals surface area contributed by atoms with Crippen LogP contribution in [0.1, 0.15) is 6.92 Å². The Bertz CT molecular complexity index is 109. The summed E-state index contributed by atoms with van der Waals surface area (Å²) in [5, 5.41) is 8.17. The summed E-state index contributed by atoms with van der Waals surface area (Å²) in [6.45, 7) is 8.70. The van der Waals surface area contributed by atoms with Crippen molar-refractivity contribution in [1.82, 2.24) is 0 Å². The predicted octanol–water partition coefficient (Wildman–Crippen LogP) is 2.21. The van der Waals surface area contributed by atoms with Gasteiger partial charge in [-0.15, -0.1) is 0 Å². The maximum absolute atomic E-state index is 7.92. The van der Waals surface area contributed by atoms with Gasteiger partial charge in [-0.1, -0.05) is 18.3 Å². The molecule has 0 saturated carbocycles. The van der Waals surface area contributed by atoms with Crippen LogP contribution in [0.15, 0.2) is 23.2 Å². The monoisotopic (exact) mass is 132 g/mol. The summed E-state index contributed by atoms with van der Waals surface area (Å²) in [7, 11) is 0. The summed E-state index contributed by atoms with van der Waals surface area (Å²) in [5.74, 6) is 0. The van der Waals surface area contributed by atoms with Crippen LogP contribution in [0.2, 0.25) is 0 Å². The SMILES string of the molecule is C=C(C)SC(=C)OO. The summed E-state index contributed by atoms with van der Waals surface area (Å²) < 4.78 is 0. The Hall–Kier alpha value is -0.410. The van der Waals surface area contributed by atoms with Gasteiger partial charge >= 0.3 is 0 Å². The van der Waals surface area contributed by atoms with Gasteiger partial charge in [0.25, 0.3) is 0 Å². The van der Waals surface area contributed by atoms with Crippen LogP contribution < -0.4 is 0 Å². The number of rotatable bonds is 3. The molecule has 0 spiro atoms. The first-order valence-electron chi connectivity index (χ1n) is 2.00. The lowest BCUT2D eigenvalue weighted by atomic mass is 10.8. The van der Waals surface area contributed by atoms with E-state index in [9.17, 15) is 0 Å². The average Bonchev–Trinajstić information content (AvgIpc) is 1.65. The molecule has 0 atom stereocenters. The summed E-state index contributed by atoms with van der Waals surface area (Å²) in [5.41, 5.74) is 0. The lowest BCUT2D eigenvalue weighted by Crippen LogP contribution is -1.76. The molecule has 2 nitrogen and oxygen atoms in total. The van der Waals surface area contributed by atoms with Gasteiger partial charge in [0.05, 0.1) is 0 Å². The van der Waals surface area contributed by atoms with E-state index >= 15 is 0 Å². The normalized spacial score (nSPS) is 8.25. The lowest BCUT2D eigenvalue weighted by molar-refractivity contribution is -0.191. The third kappa shape index (κ3) is 3.77. The van der Waals surface area contributed by atoms with Crippen molar-refractivity contribution in [3.63, 3.8) is 0 Å². The Kier molecular flexibility index (Phi) is 3.39. The lowest BCUT2D eigenvalue weighted by Gasteiger charge is -1.96. The zero-order chi connectivity index (χ0) is 6.57. The zero-order valence-corrected chi connectivity index (χ0v) is 5.49. The van der Waals surface area contributed by atoms with E-state index < -0.39 is 0 Å². The van der Waals surface area contributed by atoms with Crippen LogP contribution in [-0.4, -0.2) is 5.26 Å². The van der Waals surface area contributed by atoms with Gasteiger partial charge in [-0.05, 0) is 18.4 Å². The second-order valence-corrected chi connectivity index (χ2v) is 2.62. The molecule has 0 saturated heterocycles. The minimum atomic E-state index is 0.248. The van der Waals surface area contributed by atoms with Gasteiger partial charge in [0.1, 0.15) is 0 Å². The topological polar surface area (TPSA) is 29.5 Å². The molecular formula is C5H8O2S. The molecule has 0 aromatic heterocycles. The summed E-state index contributed by atoms with van der Waals surface area (Å²) in [6, 6.07) is 0. The van der Waals surface area contributed by atoms with Crippen LogP contribution in [0.5, 0.6) is 0 Å². The Morgan fingerprint density at radius 1 is 1.62 bits per heavy atom. The van der Waals surface area contributed by atoms with Gasteiger partial charge in [-0.2, -0.15) is 0 Å². The van der Waals surface area contributed by atoms with E-state index in [1.54, 1.807) is 6.92 Å². The highest BCUT2D eigenvalue weighted by Gasteiger charge is 1.92. The number of thioether (sulfide) groups is 1. The molecule has 0 heterocycles. The van der Waals surface area contributed by atoms with Crippen molar-refractivity contribution >= 4 is 11.8 Å². The zero-order valence-electron chi connectivity index (χ0n) is 4.68. The molecule has 3 heteroatoms. The molecule has 0 bridgehead atoms. The van der Waals surface area contributed by atoms with Crippen LogP contribution in [-0.2, 0) is 4.89 Å². The first-order valence-corrected chi connectivity index (χ1v) is 2.82. The van der Waals surface area contributed by atoms with E-state index in [0.717, 1.165) is 4.91 Å². The van der Waals surface area contributed by atoms with Gasteiger partial charge in [0.2, 0.25) is 0 Å². The van der Waals surface area contributed by atoms with Gasteiger partial charge in [-0.25, -0.2) is 5.26 Å². The Morgan fingerprint density at radius 3 is 2.25 bits per heavy atom. The standard InChI is InChI=1S/C5H8O2S/c1-4(2)8-5(3)7-6/h6H,1,3H2,2H3. The van der Waals surface area contributed by atoms with E-state index in [2.05, 4.69) is 18.0 Å². The Morgan fingerprint density at radius 2 is 2.12 bits per heavy atom. The van der Waals surface area contributed by atoms with Gasteiger partial charge in [0, 0.05) is 0 Å². The quantitative estimate of drug-likeness (QED) is 0.362. The molecule has 0 unspecified atom stereocenters. The van der Waals surface area contributed by atoms with Crippen molar-refractivity contribution in [2.75, 3.05) is 0 Å². The molecular weight excluding hydrogens is 124 g/mol. The van der Waals surface area contributed by atoms with E-state index in [4.69, 9.17) is 5.26 Å². The second kappa shape index (κ2) is 3.57. The third-order valence-corrected chi connectivity index (χ3v) is 1.04. The van der Waals surface area contributed by atoms with Crippen LogP contribution in [0.3, 0.4) is 0 Å². The maximum Gasteiger partial charge on any atom is 0.195 e. The van der Waals surface area contributed by atoms with Crippen molar-refractivity contribution in [2.45, 2.75) is 6.92 Å². The van der Waals surface area contributed by atoms with E-state index in [1.165, 1.54) is 11.8 Å². The number of hydrogen-bond donors (Lipinski definition) is 1. The van der Waals surface area contributed by atoms with E-state index in [1.807, 2.05) is 0 Å². The molecule has 0 aromatic rings. The van der Waals surface area contributed by atoms with Crippen molar-refractivity contribution < 1.29 is 10.1 Å². The second-order valence-electron chi connectivity index (χ2n) is 1.27. The van der Waals surface area contributed by atoms with Crippen molar-refractivity contribution in [3.05, 3.63) is 23.2 Å². The number of hydrogen-bond acceptors (Lipinski definition) is 3. The predicted molar refractivity (Wildman–Crippen MR) is 35.3 cm³/mol. The van der Waals surface area contributed by atoms with Crippen molar-refractivity contribution in [2.24, 2.45) is 0 Å². The minimum Gasteiger partial charge on any atom is -0.333 e. The molecule has 46 valence electrons. The highest BCUT2D eigenvalue weighted by atomic mass is 32.2. The molecule has 0 aliphatic heterocycles. The van der Waals surface area contributed by atoms with Gasteiger partial charge in [-0.3, -0.25) is 0 Å². The smallest absolute Gasteiger partial charge is 0.195 e. The molecule has 0 aromatic carbocycles. The van der Waals surface area contributed by atoms with Crippen LogP contribution >= 0.6 is 11.8 Å². The van der Waals surface area contributed by atoms with E-state index in [0.29, 0.717) is 0 Å².